The lowest BCUT2D eigenvalue weighted by atomic mass is 9.99. The first-order valence-corrected chi connectivity index (χ1v) is 13.0. The predicted octanol–water partition coefficient (Wildman–Crippen LogP) is 3.91. The van der Waals surface area contributed by atoms with Crippen LogP contribution in [-0.2, 0) is 22.6 Å². The summed E-state index contributed by atoms with van der Waals surface area (Å²) in [5.41, 5.74) is 10.9. The molecule has 0 spiro atoms. The van der Waals surface area contributed by atoms with Crippen molar-refractivity contribution in [1.29, 1.82) is 0 Å². The zero-order valence-electron chi connectivity index (χ0n) is 21.3. The largest absolute Gasteiger partial charge is 0.392 e. The zero-order chi connectivity index (χ0) is 26.5. The van der Waals surface area contributed by atoms with E-state index in [1.165, 1.54) is 0 Å². The molecule has 0 saturated carbocycles. The smallest absolute Gasteiger partial charge is 0.269 e. The van der Waals surface area contributed by atoms with Crippen molar-refractivity contribution >= 4 is 11.4 Å². The van der Waals surface area contributed by atoms with Crippen LogP contribution < -0.4 is 10.6 Å². The highest BCUT2D eigenvalue weighted by molar-refractivity contribution is 5.51. The van der Waals surface area contributed by atoms with E-state index in [9.17, 15) is 15.2 Å². The van der Waals surface area contributed by atoms with Crippen LogP contribution in [0.4, 0.5) is 11.4 Å². The Morgan fingerprint density at radius 2 is 1.50 bits per heavy atom. The molecule has 2 aliphatic heterocycles. The summed E-state index contributed by atoms with van der Waals surface area (Å²) in [5, 5.41) is 20.4. The number of rotatable bonds is 8. The van der Waals surface area contributed by atoms with Crippen LogP contribution in [0.15, 0.2) is 72.8 Å². The number of hydrogen-bond acceptors (Lipinski definition) is 8. The second kappa shape index (κ2) is 12.0. The molecule has 2 saturated heterocycles. The molecular formula is C29H34N4O5. The molecule has 0 aliphatic carbocycles. The number of aliphatic hydroxyl groups is 1. The number of ether oxygens (including phenoxy) is 2. The predicted molar refractivity (Wildman–Crippen MR) is 145 cm³/mol. The van der Waals surface area contributed by atoms with Gasteiger partial charge in [0, 0.05) is 69.1 Å². The number of piperazine rings is 1. The fraction of sp³-hybridized carbons (Fsp3) is 0.379. The van der Waals surface area contributed by atoms with Gasteiger partial charge in [0.2, 0.25) is 0 Å². The summed E-state index contributed by atoms with van der Waals surface area (Å²) in [7, 11) is 0. The summed E-state index contributed by atoms with van der Waals surface area (Å²) >= 11 is 0. The second-order valence-corrected chi connectivity index (χ2v) is 9.86. The number of nitro groups is 1. The fourth-order valence-electron chi connectivity index (χ4n) is 5.11. The van der Waals surface area contributed by atoms with Gasteiger partial charge in [-0.25, -0.2) is 0 Å². The second-order valence-electron chi connectivity index (χ2n) is 9.86. The van der Waals surface area contributed by atoms with Crippen molar-refractivity contribution in [1.82, 2.24) is 4.90 Å². The zero-order valence-corrected chi connectivity index (χ0v) is 21.3. The molecule has 0 bridgehead atoms. The SMILES string of the molecule is NCc1ccc([C@@H]2O[C@H](CN3CCN(c4ccc([N+](=O)[O-])cc4)CC3)C[C@H](c3ccc(CO)cc3)O2)cc1. The lowest BCUT2D eigenvalue weighted by molar-refractivity contribution is -0.384. The van der Waals surface area contributed by atoms with E-state index >= 15 is 0 Å². The van der Waals surface area contributed by atoms with Crippen LogP contribution in [0.5, 0.6) is 0 Å². The molecule has 2 heterocycles. The first-order chi connectivity index (χ1) is 18.5. The maximum Gasteiger partial charge on any atom is 0.269 e. The Labute approximate surface area is 222 Å². The average molecular weight is 519 g/mol. The van der Waals surface area contributed by atoms with Gasteiger partial charge in [-0.3, -0.25) is 15.0 Å². The van der Waals surface area contributed by atoms with Crippen LogP contribution in [0, 0.1) is 10.1 Å². The van der Waals surface area contributed by atoms with E-state index in [0.717, 1.165) is 67.1 Å². The van der Waals surface area contributed by atoms with E-state index in [0.29, 0.717) is 6.54 Å². The molecule has 9 heteroatoms. The number of non-ortho nitro benzene ring substituents is 1. The van der Waals surface area contributed by atoms with Crippen LogP contribution in [0.2, 0.25) is 0 Å². The normalized spacial score (nSPS) is 22.4. The Hall–Kier alpha value is -3.34. The van der Waals surface area contributed by atoms with Crippen LogP contribution in [0.25, 0.3) is 0 Å². The van der Waals surface area contributed by atoms with Gasteiger partial charge in [-0.2, -0.15) is 0 Å². The Kier molecular flexibility index (Phi) is 8.31. The van der Waals surface area contributed by atoms with Crippen LogP contribution in [0.3, 0.4) is 0 Å². The first kappa shape index (κ1) is 26.3. The molecule has 3 N–H and O–H groups in total. The Morgan fingerprint density at radius 1 is 0.868 bits per heavy atom. The minimum atomic E-state index is -0.482. The molecule has 38 heavy (non-hydrogen) atoms. The third-order valence-electron chi connectivity index (χ3n) is 7.36. The molecule has 9 nitrogen and oxygen atoms in total. The number of nitro benzene ring substituents is 1. The minimum Gasteiger partial charge on any atom is -0.392 e. The first-order valence-electron chi connectivity index (χ1n) is 13.0. The third kappa shape index (κ3) is 6.20. The topological polar surface area (TPSA) is 114 Å². The Balaban J connectivity index is 1.25. The maximum absolute atomic E-state index is 11.0. The van der Waals surface area contributed by atoms with Gasteiger partial charge in [0.25, 0.3) is 5.69 Å². The van der Waals surface area contributed by atoms with Crippen molar-refractivity contribution in [3.8, 4) is 0 Å². The number of anilines is 1. The summed E-state index contributed by atoms with van der Waals surface area (Å²) < 4.78 is 12.9. The molecule has 5 rings (SSSR count). The maximum atomic E-state index is 11.0. The highest BCUT2D eigenvalue weighted by Gasteiger charge is 2.33. The number of nitrogens with two attached hydrogens (primary N) is 1. The Bertz CT molecular complexity index is 1140. The van der Waals surface area contributed by atoms with Crippen molar-refractivity contribution < 1.29 is 19.5 Å². The number of aliphatic hydroxyl groups excluding tert-OH is 1. The highest BCUT2D eigenvalue weighted by Crippen LogP contribution is 2.38. The number of benzene rings is 3. The van der Waals surface area contributed by atoms with E-state index in [2.05, 4.69) is 9.80 Å². The van der Waals surface area contributed by atoms with E-state index in [1.807, 2.05) is 60.7 Å². The molecule has 200 valence electrons. The third-order valence-corrected chi connectivity index (χ3v) is 7.36. The molecular weight excluding hydrogens is 484 g/mol. The highest BCUT2D eigenvalue weighted by atomic mass is 16.7. The molecule has 3 aromatic rings. The van der Waals surface area contributed by atoms with Gasteiger partial charge in [-0.1, -0.05) is 48.5 Å². The van der Waals surface area contributed by atoms with Gasteiger partial charge in [-0.15, -0.1) is 0 Å². The molecule has 3 aromatic carbocycles. The molecule has 2 fully saturated rings. The quantitative estimate of drug-likeness (QED) is 0.341. The number of hydrogen-bond donors (Lipinski definition) is 2. The van der Waals surface area contributed by atoms with Crippen LogP contribution in [-0.4, -0.2) is 53.8 Å². The van der Waals surface area contributed by atoms with Gasteiger partial charge in [0.15, 0.2) is 6.29 Å². The van der Waals surface area contributed by atoms with Gasteiger partial charge in [0.1, 0.15) is 0 Å². The van der Waals surface area contributed by atoms with E-state index in [-0.39, 0.29) is 29.4 Å². The van der Waals surface area contributed by atoms with Crippen LogP contribution in [0.1, 0.15) is 41.1 Å². The van der Waals surface area contributed by atoms with Crippen LogP contribution >= 0.6 is 0 Å². The Morgan fingerprint density at radius 3 is 2.11 bits per heavy atom. The average Bonchev–Trinajstić information content (AvgIpc) is 2.97. The van der Waals surface area contributed by atoms with E-state index in [1.54, 1.807) is 12.1 Å². The monoisotopic (exact) mass is 518 g/mol. The molecule has 0 unspecified atom stereocenters. The van der Waals surface area contributed by atoms with Gasteiger partial charge in [-0.05, 0) is 28.8 Å². The van der Waals surface area contributed by atoms with Gasteiger partial charge < -0.3 is 25.2 Å². The lowest BCUT2D eigenvalue weighted by Crippen LogP contribution is -2.49. The van der Waals surface area contributed by atoms with Gasteiger partial charge >= 0.3 is 0 Å². The standard InChI is InChI=1S/C29H34N4O5/c30-18-21-1-7-24(8-2-21)29-37-27(17-28(38-29)23-5-3-22(20-34)4-6-23)19-31-13-15-32(16-14-31)25-9-11-26(12-10-25)33(35)36/h1-12,27-29,34H,13-20,30H2/t27-,28+,29+/m0/s1. The molecule has 0 amide bonds. The summed E-state index contributed by atoms with van der Waals surface area (Å²) in [6.45, 7) is 4.74. The molecule has 0 radical (unpaired) electrons. The number of nitrogens with zero attached hydrogens (tertiary/aromatic N) is 3. The summed E-state index contributed by atoms with van der Waals surface area (Å²) in [6, 6.07) is 22.7. The van der Waals surface area contributed by atoms with Gasteiger partial charge in [0.05, 0.1) is 23.7 Å². The minimum absolute atomic E-state index is 0.0134. The van der Waals surface area contributed by atoms with E-state index < -0.39 is 6.29 Å². The van der Waals surface area contributed by atoms with Crippen molar-refractivity contribution in [2.75, 3.05) is 37.6 Å². The summed E-state index contributed by atoms with van der Waals surface area (Å²) in [6.07, 6.45) is 0.112. The van der Waals surface area contributed by atoms with Crippen molar-refractivity contribution in [2.45, 2.75) is 38.1 Å². The van der Waals surface area contributed by atoms with E-state index in [4.69, 9.17) is 15.2 Å². The van der Waals surface area contributed by atoms with Crippen molar-refractivity contribution in [3.05, 3.63) is 105 Å². The molecule has 0 aromatic heterocycles. The molecule has 3 atom stereocenters. The van der Waals surface area contributed by atoms with Crippen molar-refractivity contribution in [2.24, 2.45) is 5.73 Å². The fourth-order valence-corrected chi connectivity index (χ4v) is 5.11. The summed E-state index contributed by atoms with van der Waals surface area (Å²) in [5.74, 6) is 0. The van der Waals surface area contributed by atoms with Crippen molar-refractivity contribution in [3.63, 3.8) is 0 Å². The lowest BCUT2D eigenvalue weighted by Gasteiger charge is -2.41. The molecule has 2 aliphatic rings. The summed E-state index contributed by atoms with van der Waals surface area (Å²) in [4.78, 5) is 15.3.